The predicted octanol–water partition coefficient (Wildman–Crippen LogP) is 2.77. The molecular formula is C22H18FN5O3. The van der Waals surface area contributed by atoms with E-state index in [1.165, 1.54) is 18.3 Å². The monoisotopic (exact) mass is 419 g/mol. The molecule has 2 amide bonds. The molecule has 3 heterocycles. The lowest BCUT2D eigenvalue weighted by molar-refractivity contribution is -0.130. The standard InChI is InChI=1S/C22H18FN5O3/c23-16-10-14(19(20(24)29)22(30)28-12-13-2-1-7-25-11-13)3-4-18(16)31-17-6-9-27-21-15(17)5-8-26-21/h1-11,19H,12H2,(H2,24,29)(H,26,27)(H,28,30). The van der Waals surface area contributed by atoms with Crippen LogP contribution in [0.2, 0.25) is 0 Å². The minimum atomic E-state index is -1.35. The molecule has 9 heteroatoms. The molecule has 1 unspecified atom stereocenters. The summed E-state index contributed by atoms with van der Waals surface area (Å²) in [6.45, 7) is 0.162. The molecule has 4 N–H and O–H groups in total. The first-order valence-electron chi connectivity index (χ1n) is 9.38. The maximum Gasteiger partial charge on any atom is 0.237 e. The quantitative estimate of drug-likeness (QED) is 0.398. The molecule has 8 nitrogen and oxygen atoms in total. The number of ether oxygens (including phenoxy) is 1. The van der Waals surface area contributed by atoms with Crippen molar-refractivity contribution in [3.05, 3.63) is 84.2 Å². The fraction of sp³-hybridized carbons (Fsp3) is 0.0909. The molecule has 4 rings (SSSR count). The number of nitrogens with zero attached hydrogens (tertiary/aromatic N) is 2. The van der Waals surface area contributed by atoms with Crippen LogP contribution in [-0.2, 0) is 16.1 Å². The number of amides is 2. The molecule has 0 saturated heterocycles. The van der Waals surface area contributed by atoms with Gasteiger partial charge < -0.3 is 20.8 Å². The van der Waals surface area contributed by atoms with Crippen LogP contribution in [0.15, 0.2) is 67.3 Å². The van der Waals surface area contributed by atoms with Crippen molar-refractivity contribution in [1.29, 1.82) is 0 Å². The number of H-pyrrole nitrogens is 1. The van der Waals surface area contributed by atoms with Crippen molar-refractivity contribution >= 4 is 22.8 Å². The Morgan fingerprint density at radius 2 is 2.03 bits per heavy atom. The van der Waals surface area contributed by atoms with Crippen LogP contribution in [0.1, 0.15) is 17.0 Å². The van der Waals surface area contributed by atoms with Crippen LogP contribution in [0, 0.1) is 5.82 Å². The lowest BCUT2D eigenvalue weighted by Crippen LogP contribution is -2.36. The second-order valence-corrected chi connectivity index (χ2v) is 6.76. The Morgan fingerprint density at radius 1 is 1.16 bits per heavy atom. The zero-order valence-corrected chi connectivity index (χ0v) is 16.2. The van der Waals surface area contributed by atoms with Gasteiger partial charge in [0, 0.05) is 31.3 Å². The van der Waals surface area contributed by atoms with Crippen molar-refractivity contribution in [1.82, 2.24) is 20.3 Å². The fourth-order valence-corrected chi connectivity index (χ4v) is 3.16. The largest absolute Gasteiger partial charge is 0.453 e. The van der Waals surface area contributed by atoms with Crippen LogP contribution >= 0.6 is 0 Å². The number of primary amides is 1. The molecule has 0 aliphatic heterocycles. The molecule has 156 valence electrons. The van der Waals surface area contributed by atoms with E-state index >= 15 is 0 Å². The molecule has 0 saturated carbocycles. The van der Waals surface area contributed by atoms with Crippen molar-refractivity contribution in [3.8, 4) is 11.5 Å². The molecule has 0 fully saturated rings. The molecule has 1 atom stereocenters. The average Bonchev–Trinajstić information content (AvgIpc) is 3.25. The molecule has 3 aromatic heterocycles. The van der Waals surface area contributed by atoms with E-state index in [2.05, 4.69) is 20.3 Å². The first kappa shape index (κ1) is 20.0. The summed E-state index contributed by atoms with van der Waals surface area (Å²) >= 11 is 0. The van der Waals surface area contributed by atoms with Crippen molar-refractivity contribution < 1.29 is 18.7 Å². The van der Waals surface area contributed by atoms with Crippen molar-refractivity contribution in [2.24, 2.45) is 5.73 Å². The summed E-state index contributed by atoms with van der Waals surface area (Å²) in [5, 5.41) is 3.32. The highest BCUT2D eigenvalue weighted by Gasteiger charge is 2.27. The molecule has 0 aliphatic rings. The molecule has 31 heavy (non-hydrogen) atoms. The summed E-state index contributed by atoms with van der Waals surface area (Å²) in [6, 6.07) is 10.7. The summed E-state index contributed by atoms with van der Waals surface area (Å²) in [5.74, 6) is -3.25. The van der Waals surface area contributed by atoms with Crippen molar-refractivity contribution in [2.45, 2.75) is 12.5 Å². The number of nitrogens with two attached hydrogens (primary N) is 1. The van der Waals surface area contributed by atoms with Gasteiger partial charge in [0.15, 0.2) is 11.6 Å². The van der Waals surface area contributed by atoms with Gasteiger partial charge in [-0.3, -0.25) is 14.6 Å². The topological polar surface area (TPSA) is 123 Å². The van der Waals surface area contributed by atoms with Crippen LogP contribution in [0.5, 0.6) is 11.5 Å². The lowest BCUT2D eigenvalue weighted by atomic mass is 9.97. The SMILES string of the molecule is NC(=O)C(C(=O)NCc1cccnc1)c1ccc(Oc2ccnc3[nH]ccc23)c(F)c1. The maximum absolute atomic E-state index is 14.8. The normalized spacial score (nSPS) is 11.8. The van der Waals surface area contributed by atoms with E-state index in [-0.39, 0.29) is 17.9 Å². The van der Waals surface area contributed by atoms with Gasteiger partial charge in [0.1, 0.15) is 17.3 Å². The smallest absolute Gasteiger partial charge is 0.237 e. The first-order valence-corrected chi connectivity index (χ1v) is 9.38. The lowest BCUT2D eigenvalue weighted by Gasteiger charge is -2.15. The van der Waals surface area contributed by atoms with Gasteiger partial charge in [0.25, 0.3) is 0 Å². The molecular weight excluding hydrogens is 401 g/mol. The van der Waals surface area contributed by atoms with E-state index in [4.69, 9.17) is 10.5 Å². The van der Waals surface area contributed by atoms with Gasteiger partial charge in [-0.05, 0) is 41.5 Å². The van der Waals surface area contributed by atoms with Gasteiger partial charge in [0.2, 0.25) is 11.8 Å². The molecule has 0 bridgehead atoms. The number of benzene rings is 1. The van der Waals surface area contributed by atoms with Gasteiger partial charge in [-0.15, -0.1) is 0 Å². The number of rotatable bonds is 7. The Bertz CT molecular complexity index is 1240. The van der Waals surface area contributed by atoms with E-state index in [0.29, 0.717) is 16.8 Å². The number of aromatic nitrogens is 3. The Balaban J connectivity index is 1.53. The van der Waals surface area contributed by atoms with Crippen LogP contribution in [0.25, 0.3) is 11.0 Å². The van der Waals surface area contributed by atoms with Crippen LogP contribution in [0.4, 0.5) is 4.39 Å². The Morgan fingerprint density at radius 3 is 2.77 bits per heavy atom. The minimum Gasteiger partial charge on any atom is -0.453 e. The fourth-order valence-electron chi connectivity index (χ4n) is 3.16. The summed E-state index contributed by atoms with van der Waals surface area (Å²) in [5.41, 5.74) is 6.91. The summed E-state index contributed by atoms with van der Waals surface area (Å²) in [4.78, 5) is 35.6. The molecule has 0 radical (unpaired) electrons. The van der Waals surface area contributed by atoms with Gasteiger partial charge >= 0.3 is 0 Å². The molecule has 0 aliphatic carbocycles. The Labute approximate surface area is 176 Å². The number of hydrogen-bond donors (Lipinski definition) is 3. The third-order valence-corrected chi connectivity index (χ3v) is 4.67. The zero-order chi connectivity index (χ0) is 21.8. The third kappa shape index (κ3) is 4.35. The third-order valence-electron chi connectivity index (χ3n) is 4.67. The van der Waals surface area contributed by atoms with Gasteiger partial charge in [-0.1, -0.05) is 12.1 Å². The Kier molecular flexibility index (Phi) is 5.57. The van der Waals surface area contributed by atoms with E-state index in [9.17, 15) is 14.0 Å². The van der Waals surface area contributed by atoms with Crippen LogP contribution in [0.3, 0.4) is 0 Å². The van der Waals surface area contributed by atoms with E-state index in [1.54, 1.807) is 42.9 Å². The van der Waals surface area contributed by atoms with Gasteiger partial charge in [0.05, 0.1) is 5.39 Å². The first-order chi connectivity index (χ1) is 15.0. The molecule has 4 aromatic rings. The Hall–Kier alpha value is -4.27. The van der Waals surface area contributed by atoms with E-state index in [1.807, 2.05) is 0 Å². The summed E-state index contributed by atoms with van der Waals surface area (Å²) < 4.78 is 20.4. The van der Waals surface area contributed by atoms with Gasteiger partial charge in [-0.25, -0.2) is 9.37 Å². The zero-order valence-electron chi connectivity index (χ0n) is 16.2. The van der Waals surface area contributed by atoms with Crippen LogP contribution < -0.4 is 15.8 Å². The number of carbonyl (C=O) groups excluding carboxylic acids is 2. The number of carbonyl (C=O) groups is 2. The molecule has 0 spiro atoms. The van der Waals surface area contributed by atoms with Crippen LogP contribution in [-0.4, -0.2) is 26.8 Å². The number of nitrogens with one attached hydrogen (secondary N) is 2. The number of fused-ring (bicyclic) bond motifs is 1. The van der Waals surface area contributed by atoms with Crippen molar-refractivity contribution in [2.75, 3.05) is 0 Å². The molecule has 1 aromatic carbocycles. The highest BCUT2D eigenvalue weighted by atomic mass is 19.1. The number of halogens is 1. The minimum absolute atomic E-state index is 0.0589. The highest BCUT2D eigenvalue weighted by molar-refractivity contribution is 6.05. The number of hydrogen-bond acceptors (Lipinski definition) is 5. The van der Waals surface area contributed by atoms with Crippen molar-refractivity contribution in [3.63, 3.8) is 0 Å². The van der Waals surface area contributed by atoms with E-state index in [0.717, 1.165) is 11.6 Å². The predicted molar refractivity (Wildman–Crippen MR) is 111 cm³/mol. The summed E-state index contributed by atoms with van der Waals surface area (Å²) in [7, 11) is 0. The second kappa shape index (κ2) is 8.62. The van der Waals surface area contributed by atoms with E-state index < -0.39 is 23.5 Å². The number of aromatic amines is 1. The second-order valence-electron chi connectivity index (χ2n) is 6.76. The average molecular weight is 419 g/mol. The summed E-state index contributed by atoms with van der Waals surface area (Å²) in [6.07, 6.45) is 6.44. The van der Waals surface area contributed by atoms with Gasteiger partial charge in [-0.2, -0.15) is 0 Å². The maximum atomic E-state index is 14.8. The number of pyridine rings is 2. The highest BCUT2D eigenvalue weighted by Crippen LogP contribution is 2.31.